The SMILES string of the molecule is Oc1ccccc1C=[Se]. The average molecular weight is 185 g/mol. The van der Waals surface area contributed by atoms with Gasteiger partial charge in [-0.15, -0.1) is 0 Å². The molecular weight excluding hydrogens is 179 g/mol. The second-order valence-electron chi connectivity index (χ2n) is 1.68. The van der Waals surface area contributed by atoms with Gasteiger partial charge in [0.15, 0.2) is 0 Å². The van der Waals surface area contributed by atoms with Crippen LogP contribution in [0.25, 0.3) is 0 Å². The molecule has 1 nitrogen and oxygen atoms in total. The van der Waals surface area contributed by atoms with Crippen molar-refractivity contribution in [1.82, 2.24) is 0 Å². The molecule has 0 unspecified atom stereocenters. The summed E-state index contributed by atoms with van der Waals surface area (Å²) in [6.07, 6.45) is 0. The molecular formula is C7H6OSe. The van der Waals surface area contributed by atoms with E-state index in [1.165, 1.54) is 0 Å². The Hall–Kier alpha value is -0.591. The average Bonchev–Trinajstić information content (AvgIpc) is 1.89. The standard InChI is InChI=1S/C7H6OSe/c8-7-4-2-1-3-6(7)5-9/h1-5,8H. The summed E-state index contributed by atoms with van der Waals surface area (Å²) in [6, 6.07) is 7.17. The second-order valence-corrected chi connectivity index (χ2v) is 2.17. The van der Waals surface area contributed by atoms with Crippen molar-refractivity contribution in [3.05, 3.63) is 29.8 Å². The number of rotatable bonds is 1. The van der Waals surface area contributed by atoms with Crippen molar-refractivity contribution in [2.45, 2.75) is 0 Å². The van der Waals surface area contributed by atoms with Crippen molar-refractivity contribution in [3.8, 4) is 5.75 Å². The van der Waals surface area contributed by atoms with Crippen LogP contribution in [0.3, 0.4) is 0 Å². The molecule has 0 bridgehead atoms. The van der Waals surface area contributed by atoms with E-state index in [9.17, 15) is 0 Å². The molecule has 0 saturated carbocycles. The van der Waals surface area contributed by atoms with Crippen molar-refractivity contribution in [2.24, 2.45) is 0 Å². The molecule has 2 heteroatoms. The van der Waals surface area contributed by atoms with Crippen LogP contribution in [-0.4, -0.2) is 25.6 Å². The number of phenolic OH excluding ortho intramolecular Hbond substituents is 1. The predicted octanol–water partition coefficient (Wildman–Crippen LogP) is 0.711. The number of hydrogen-bond acceptors (Lipinski definition) is 1. The summed E-state index contributed by atoms with van der Waals surface area (Å²) in [5, 5.41) is 9.06. The summed E-state index contributed by atoms with van der Waals surface area (Å²) in [5.74, 6) is 0.316. The molecule has 0 spiro atoms. The van der Waals surface area contributed by atoms with Gasteiger partial charge in [-0.3, -0.25) is 0 Å². The van der Waals surface area contributed by atoms with Crippen LogP contribution in [0.4, 0.5) is 0 Å². The zero-order valence-electron chi connectivity index (χ0n) is 4.74. The van der Waals surface area contributed by atoms with Gasteiger partial charge in [0, 0.05) is 0 Å². The van der Waals surface area contributed by atoms with Crippen molar-refractivity contribution < 1.29 is 5.11 Å². The van der Waals surface area contributed by atoms with Crippen molar-refractivity contribution in [1.29, 1.82) is 0 Å². The van der Waals surface area contributed by atoms with Gasteiger partial charge in [0.25, 0.3) is 0 Å². The summed E-state index contributed by atoms with van der Waals surface area (Å²) >= 11 is 2.71. The number of aromatic hydroxyl groups is 1. The number of phenols is 1. The van der Waals surface area contributed by atoms with Gasteiger partial charge >= 0.3 is 61.2 Å². The van der Waals surface area contributed by atoms with E-state index in [-0.39, 0.29) is 0 Å². The Morgan fingerprint density at radius 2 is 2.00 bits per heavy atom. The van der Waals surface area contributed by atoms with Gasteiger partial charge in [-0.1, -0.05) is 0 Å². The Morgan fingerprint density at radius 3 is 2.44 bits per heavy atom. The molecule has 0 aromatic heterocycles. The summed E-state index contributed by atoms with van der Waals surface area (Å²) in [7, 11) is 0. The number of para-hydroxylation sites is 1. The molecule has 46 valence electrons. The molecule has 1 aromatic rings. The Bertz CT molecular complexity index is 220. The fourth-order valence-electron chi connectivity index (χ4n) is 0.587. The van der Waals surface area contributed by atoms with Crippen LogP contribution in [0.2, 0.25) is 0 Å². The molecule has 0 radical (unpaired) electrons. The van der Waals surface area contributed by atoms with Crippen LogP contribution in [-0.2, 0) is 0 Å². The van der Waals surface area contributed by atoms with Crippen LogP contribution in [0, 0.1) is 0 Å². The normalized spacial score (nSPS) is 8.89. The minimum atomic E-state index is 0.316. The quantitative estimate of drug-likeness (QED) is 0.639. The monoisotopic (exact) mass is 186 g/mol. The topological polar surface area (TPSA) is 20.2 Å². The Labute approximate surface area is 61.7 Å². The fraction of sp³-hybridized carbons (Fsp3) is 0. The first-order valence-corrected chi connectivity index (χ1v) is 3.56. The van der Waals surface area contributed by atoms with E-state index in [4.69, 9.17) is 5.11 Å². The molecule has 1 rings (SSSR count). The fourth-order valence-corrected chi connectivity index (χ4v) is 1.01. The number of benzene rings is 1. The van der Waals surface area contributed by atoms with E-state index in [2.05, 4.69) is 15.6 Å². The van der Waals surface area contributed by atoms with Gasteiger partial charge in [-0.05, 0) is 0 Å². The zero-order chi connectivity index (χ0) is 6.69. The third kappa shape index (κ3) is 1.41. The van der Waals surface area contributed by atoms with Gasteiger partial charge in [0.2, 0.25) is 0 Å². The summed E-state index contributed by atoms with van der Waals surface area (Å²) in [4.78, 5) is 1.75. The van der Waals surface area contributed by atoms with Crippen molar-refractivity contribution >= 4 is 20.5 Å². The first-order chi connectivity index (χ1) is 4.34. The summed E-state index contributed by atoms with van der Waals surface area (Å²) < 4.78 is 0. The Kier molecular flexibility index (Phi) is 2.04. The van der Waals surface area contributed by atoms with Crippen molar-refractivity contribution in [3.63, 3.8) is 0 Å². The van der Waals surface area contributed by atoms with Crippen LogP contribution >= 0.6 is 0 Å². The van der Waals surface area contributed by atoms with E-state index in [1.807, 2.05) is 12.1 Å². The van der Waals surface area contributed by atoms with E-state index >= 15 is 0 Å². The van der Waals surface area contributed by atoms with E-state index in [1.54, 1.807) is 17.1 Å². The van der Waals surface area contributed by atoms with Crippen LogP contribution < -0.4 is 0 Å². The van der Waals surface area contributed by atoms with Crippen molar-refractivity contribution in [2.75, 3.05) is 0 Å². The van der Waals surface area contributed by atoms with Gasteiger partial charge in [0.05, 0.1) is 0 Å². The molecule has 0 aliphatic heterocycles. The maximum atomic E-state index is 9.06. The first-order valence-electron chi connectivity index (χ1n) is 2.58. The molecule has 0 heterocycles. The van der Waals surface area contributed by atoms with Gasteiger partial charge in [-0.2, -0.15) is 0 Å². The van der Waals surface area contributed by atoms with Gasteiger partial charge in [-0.25, -0.2) is 0 Å². The van der Waals surface area contributed by atoms with Crippen LogP contribution in [0.15, 0.2) is 24.3 Å². The molecule has 1 aromatic carbocycles. The van der Waals surface area contributed by atoms with E-state index in [0.29, 0.717) is 5.75 Å². The molecule has 0 fully saturated rings. The predicted molar refractivity (Wildman–Crippen MR) is 39.0 cm³/mol. The molecule has 0 amide bonds. The van der Waals surface area contributed by atoms with Crippen LogP contribution in [0.5, 0.6) is 5.75 Å². The van der Waals surface area contributed by atoms with Crippen LogP contribution in [0.1, 0.15) is 5.56 Å². The van der Waals surface area contributed by atoms with E-state index in [0.717, 1.165) is 5.56 Å². The molecule has 1 N–H and O–H groups in total. The summed E-state index contributed by atoms with van der Waals surface area (Å²) in [6.45, 7) is 0. The molecule has 9 heavy (non-hydrogen) atoms. The molecule has 0 saturated heterocycles. The second kappa shape index (κ2) is 2.81. The zero-order valence-corrected chi connectivity index (χ0v) is 6.46. The molecule has 0 aliphatic carbocycles. The third-order valence-corrected chi connectivity index (χ3v) is 1.60. The molecule has 0 aliphatic rings. The molecule has 0 atom stereocenters. The Balaban J connectivity index is 3.15. The van der Waals surface area contributed by atoms with E-state index < -0.39 is 0 Å². The summed E-state index contributed by atoms with van der Waals surface area (Å²) in [5.41, 5.74) is 0.831. The minimum absolute atomic E-state index is 0.316. The third-order valence-electron chi connectivity index (χ3n) is 1.06. The number of hydrogen-bond donors (Lipinski definition) is 1. The maximum absolute atomic E-state index is 9.06. The van der Waals surface area contributed by atoms with Gasteiger partial charge in [0.1, 0.15) is 0 Å². The van der Waals surface area contributed by atoms with Gasteiger partial charge < -0.3 is 0 Å². The first kappa shape index (κ1) is 6.53. The Morgan fingerprint density at radius 1 is 1.33 bits per heavy atom.